The van der Waals surface area contributed by atoms with Gasteiger partial charge in [0, 0.05) is 6.54 Å². The van der Waals surface area contributed by atoms with E-state index in [1.165, 1.54) is 32.1 Å². The largest absolute Gasteiger partial charge is 0.443 e. The average Bonchev–Trinajstić information content (AvgIpc) is 2.47. The number of rotatable bonds is 4. The monoisotopic (exact) mass is 304 g/mol. The molecule has 1 aromatic rings. The van der Waals surface area contributed by atoms with Crippen molar-refractivity contribution in [2.45, 2.75) is 58.5 Å². The Balaban J connectivity index is 2.03. The van der Waals surface area contributed by atoms with Crippen molar-refractivity contribution in [3.63, 3.8) is 0 Å². The lowest BCUT2D eigenvalue weighted by Gasteiger charge is -2.32. The fourth-order valence-electron chi connectivity index (χ4n) is 2.86. The van der Waals surface area contributed by atoms with Crippen molar-refractivity contribution < 1.29 is 9.53 Å². The van der Waals surface area contributed by atoms with Gasteiger partial charge in [-0.25, -0.2) is 10.2 Å². The molecule has 1 N–H and O–H groups in total. The molecule has 4 nitrogen and oxygen atoms in total. The molecule has 4 heteroatoms. The lowest BCUT2D eigenvalue weighted by Crippen LogP contribution is -2.47. The van der Waals surface area contributed by atoms with Crippen LogP contribution in [0.4, 0.5) is 10.5 Å². The topological polar surface area (TPSA) is 41.6 Å². The molecule has 1 saturated carbocycles. The Morgan fingerprint density at radius 2 is 1.82 bits per heavy atom. The number of carbonyl (C=O) groups excluding carboxylic acids is 1. The molecule has 122 valence electrons. The Kier molecular flexibility index (Phi) is 5.69. The van der Waals surface area contributed by atoms with Crippen molar-refractivity contribution in [2.24, 2.45) is 5.92 Å². The molecule has 0 spiro atoms. The van der Waals surface area contributed by atoms with Crippen molar-refractivity contribution in [3.8, 4) is 0 Å². The molecule has 1 aliphatic rings. The Labute approximate surface area is 133 Å². The molecule has 0 aromatic heterocycles. The number of hydrogen-bond acceptors (Lipinski definition) is 3. The molecule has 1 aliphatic carbocycles. The highest BCUT2D eigenvalue weighted by Gasteiger charge is 2.22. The molecule has 1 fully saturated rings. The second kappa shape index (κ2) is 7.52. The Morgan fingerprint density at radius 1 is 1.18 bits per heavy atom. The molecule has 0 saturated heterocycles. The Hall–Kier alpha value is -1.71. The summed E-state index contributed by atoms with van der Waals surface area (Å²) < 4.78 is 5.39. The Bertz CT molecular complexity index is 462. The van der Waals surface area contributed by atoms with Crippen LogP contribution in [0.3, 0.4) is 0 Å². The van der Waals surface area contributed by atoms with Crippen LogP contribution in [-0.2, 0) is 4.74 Å². The maximum atomic E-state index is 12.1. The standard InChI is InChI=1S/C18H28N2O2/c1-18(2,3)22-17(21)19-20(16-12-8-5-9-13-16)14-15-10-6-4-7-11-15/h5,8-9,12-13,15H,4,6-7,10-11,14H2,1-3H3,(H,19,21). The number of nitrogens with zero attached hydrogens (tertiary/aromatic N) is 1. The first kappa shape index (κ1) is 16.7. The maximum Gasteiger partial charge on any atom is 0.426 e. The fraction of sp³-hybridized carbons (Fsp3) is 0.611. The SMILES string of the molecule is CC(C)(C)OC(=O)NN(CC1CCCCC1)c1ccccc1. The minimum Gasteiger partial charge on any atom is -0.443 e. The van der Waals surface area contributed by atoms with E-state index in [0.717, 1.165) is 12.2 Å². The zero-order valence-corrected chi connectivity index (χ0v) is 14.0. The molecule has 1 aromatic carbocycles. The van der Waals surface area contributed by atoms with Gasteiger partial charge in [0.25, 0.3) is 0 Å². The van der Waals surface area contributed by atoms with Crippen molar-refractivity contribution in [3.05, 3.63) is 30.3 Å². The third-order valence-corrected chi connectivity index (χ3v) is 3.86. The number of benzene rings is 1. The average molecular weight is 304 g/mol. The van der Waals surface area contributed by atoms with E-state index >= 15 is 0 Å². The number of ether oxygens (including phenoxy) is 1. The van der Waals surface area contributed by atoms with E-state index in [1.807, 2.05) is 56.1 Å². The molecule has 0 radical (unpaired) electrons. The Morgan fingerprint density at radius 3 is 2.41 bits per heavy atom. The summed E-state index contributed by atoms with van der Waals surface area (Å²) in [6.45, 7) is 6.46. The normalized spacial score (nSPS) is 16.1. The number of para-hydroxylation sites is 1. The van der Waals surface area contributed by atoms with Crippen LogP contribution in [0, 0.1) is 5.92 Å². The number of nitrogens with one attached hydrogen (secondary N) is 1. The first-order chi connectivity index (χ1) is 10.4. The van der Waals surface area contributed by atoms with Gasteiger partial charge >= 0.3 is 6.09 Å². The summed E-state index contributed by atoms with van der Waals surface area (Å²) in [4.78, 5) is 12.1. The third-order valence-electron chi connectivity index (χ3n) is 3.86. The van der Waals surface area contributed by atoms with Crippen molar-refractivity contribution in [2.75, 3.05) is 11.6 Å². The summed E-state index contributed by atoms with van der Waals surface area (Å²) in [5, 5.41) is 1.93. The minimum atomic E-state index is -0.489. The first-order valence-electron chi connectivity index (χ1n) is 8.26. The van der Waals surface area contributed by atoms with Crippen molar-refractivity contribution in [1.29, 1.82) is 0 Å². The highest BCUT2D eigenvalue weighted by atomic mass is 16.6. The third kappa shape index (κ3) is 5.58. The number of hydrogen-bond donors (Lipinski definition) is 1. The van der Waals surface area contributed by atoms with Crippen LogP contribution in [0.25, 0.3) is 0 Å². The van der Waals surface area contributed by atoms with E-state index in [1.54, 1.807) is 0 Å². The lowest BCUT2D eigenvalue weighted by molar-refractivity contribution is 0.0518. The molecule has 22 heavy (non-hydrogen) atoms. The van der Waals surface area contributed by atoms with Crippen LogP contribution in [-0.4, -0.2) is 18.2 Å². The number of amides is 1. The second-order valence-electron chi connectivity index (χ2n) is 7.06. The van der Waals surface area contributed by atoms with Crippen molar-refractivity contribution in [1.82, 2.24) is 5.43 Å². The molecule has 1 amide bonds. The number of anilines is 1. The molecule has 0 unspecified atom stereocenters. The number of hydrazine groups is 1. The van der Waals surface area contributed by atoms with Gasteiger partial charge < -0.3 is 4.74 Å². The van der Waals surface area contributed by atoms with Gasteiger partial charge in [-0.3, -0.25) is 5.01 Å². The predicted octanol–water partition coefficient (Wildman–Crippen LogP) is 4.51. The van der Waals surface area contributed by atoms with E-state index < -0.39 is 11.7 Å². The quantitative estimate of drug-likeness (QED) is 0.832. The first-order valence-corrected chi connectivity index (χ1v) is 8.26. The van der Waals surface area contributed by atoms with Gasteiger partial charge in [0.2, 0.25) is 0 Å². The van der Waals surface area contributed by atoms with E-state index in [4.69, 9.17) is 4.74 Å². The summed E-state index contributed by atoms with van der Waals surface area (Å²) in [6, 6.07) is 9.98. The van der Waals surface area contributed by atoms with Crippen LogP contribution in [0.2, 0.25) is 0 Å². The van der Waals surface area contributed by atoms with Gasteiger partial charge in [-0.15, -0.1) is 0 Å². The van der Waals surface area contributed by atoms with Gasteiger partial charge in [-0.2, -0.15) is 0 Å². The minimum absolute atomic E-state index is 0.396. The van der Waals surface area contributed by atoms with Gasteiger partial charge in [-0.05, 0) is 51.7 Å². The molecule has 0 aliphatic heterocycles. The smallest absolute Gasteiger partial charge is 0.426 e. The molecule has 0 bridgehead atoms. The summed E-state index contributed by atoms with van der Waals surface area (Å²) in [5.41, 5.74) is 3.42. The van der Waals surface area contributed by atoms with Crippen LogP contribution in [0.5, 0.6) is 0 Å². The van der Waals surface area contributed by atoms with E-state index in [0.29, 0.717) is 5.92 Å². The predicted molar refractivity (Wildman–Crippen MR) is 89.7 cm³/mol. The molecular weight excluding hydrogens is 276 g/mol. The molecule has 0 atom stereocenters. The van der Waals surface area contributed by atoms with Crippen LogP contribution in [0.15, 0.2) is 30.3 Å². The molecule has 2 rings (SSSR count). The second-order valence-corrected chi connectivity index (χ2v) is 7.06. The van der Waals surface area contributed by atoms with Gasteiger partial charge in [0.05, 0.1) is 5.69 Å². The summed E-state index contributed by atoms with van der Waals surface area (Å²) >= 11 is 0. The van der Waals surface area contributed by atoms with E-state index in [9.17, 15) is 4.79 Å². The van der Waals surface area contributed by atoms with Gasteiger partial charge in [-0.1, -0.05) is 37.5 Å². The fourth-order valence-corrected chi connectivity index (χ4v) is 2.86. The van der Waals surface area contributed by atoms with Crippen molar-refractivity contribution >= 4 is 11.8 Å². The molecule has 0 heterocycles. The zero-order chi connectivity index (χ0) is 16.0. The highest BCUT2D eigenvalue weighted by molar-refractivity contribution is 5.70. The summed E-state index contributed by atoms with van der Waals surface area (Å²) in [7, 11) is 0. The van der Waals surface area contributed by atoms with E-state index in [2.05, 4.69) is 5.43 Å². The highest BCUT2D eigenvalue weighted by Crippen LogP contribution is 2.25. The summed E-state index contributed by atoms with van der Waals surface area (Å²) in [5.74, 6) is 0.629. The maximum absolute atomic E-state index is 12.1. The molecular formula is C18H28N2O2. The van der Waals surface area contributed by atoms with Crippen LogP contribution < -0.4 is 10.4 Å². The zero-order valence-electron chi connectivity index (χ0n) is 14.0. The van der Waals surface area contributed by atoms with Gasteiger partial charge in [0.1, 0.15) is 5.60 Å². The van der Waals surface area contributed by atoms with Gasteiger partial charge in [0.15, 0.2) is 0 Å². The van der Waals surface area contributed by atoms with Crippen LogP contribution in [0.1, 0.15) is 52.9 Å². The summed E-state index contributed by atoms with van der Waals surface area (Å²) in [6.07, 6.45) is 5.99. The van der Waals surface area contributed by atoms with E-state index in [-0.39, 0.29) is 0 Å². The number of carbonyl (C=O) groups is 1. The van der Waals surface area contributed by atoms with Crippen LogP contribution >= 0.6 is 0 Å². The lowest BCUT2D eigenvalue weighted by atomic mass is 9.89.